The van der Waals surface area contributed by atoms with E-state index in [2.05, 4.69) is 4.72 Å². The number of nitrogens with zero attached hydrogens (tertiary/aromatic N) is 1. The van der Waals surface area contributed by atoms with Gasteiger partial charge < -0.3 is 4.90 Å². The molecule has 138 valence electrons. The fourth-order valence-electron chi connectivity index (χ4n) is 3.27. The van der Waals surface area contributed by atoms with Crippen LogP contribution in [0.2, 0.25) is 0 Å². The molecule has 0 spiro atoms. The van der Waals surface area contributed by atoms with Crippen LogP contribution in [0.4, 0.5) is 10.1 Å². The van der Waals surface area contributed by atoms with Crippen LogP contribution in [0.25, 0.3) is 0 Å². The first-order chi connectivity index (χ1) is 12.3. The molecule has 1 aliphatic heterocycles. The number of rotatable bonds is 5. The van der Waals surface area contributed by atoms with E-state index < -0.39 is 10.0 Å². The maximum absolute atomic E-state index is 13.1. The van der Waals surface area contributed by atoms with E-state index in [-0.39, 0.29) is 17.8 Å². The zero-order chi connectivity index (χ0) is 18.7. The van der Waals surface area contributed by atoms with E-state index in [4.69, 9.17) is 0 Å². The molecule has 0 aliphatic carbocycles. The standard InChI is InChI=1S/C19H21FN2O3S/c1-26(24,25)21-17-10-6-15(7-11-17)19(23)22-12-2-3-18(22)13-14-4-8-16(20)9-5-14/h4-11,18,21H,2-3,12-13H2,1H3/t18-/m1/s1. The van der Waals surface area contributed by atoms with Crippen LogP contribution < -0.4 is 4.72 Å². The Morgan fingerprint density at radius 3 is 2.42 bits per heavy atom. The van der Waals surface area contributed by atoms with Gasteiger partial charge in [0.15, 0.2) is 0 Å². The van der Waals surface area contributed by atoms with E-state index in [9.17, 15) is 17.6 Å². The molecule has 1 amide bonds. The Morgan fingerprint density at radius 1 is 1.15 bits per heavy atom. The molecule has 7 heteroatoms. The molecule has 0 saturated carbocycles. The van der Waals surface area contributed by atoms with Crippen LogP contribution >= 0.6 is 0 Å². The topological polar surface area (TPSA) is 66.5 Å². The van der Waals surface area contributed by atoms with Crippen molar-refractivity contribution < 1.29 is 17.6 Å². The van der Waals surface area contributed by atoms with Crippen molar-refractivity contribution in [3.8, 4) is 0 Å². The van der Waals surface area contributed by atoms with E-state index in [1.54, 1.807) is 36.4 Å². The van der Waals surface area contributed by atoms with Crippen molar-refractivity contribution in [2.45, 2.75) is 25.3 Å². The first-order valence-corrected chi connectivity index (χ1v) is 10.3. The lowest BCUT2D eigenvalue weighted by atomic mass is 10.0. The van der Waals surface area contributed by atoms with Crippen LogP contribution in [-0.4, -0.2) is 38.1 Å². The van der Waals surface area contributed by atoms with E-state index in [1.165, 1.54) is 12.1 Å². The maximum Gasteiger partial charge on any atom is 0.254 e. The predicted molar refractivity (Wildman–Crippen MR) is 99.1 cm³/mol. The highest BCUT2D eigenvalue weighted by Gasteiger charge is 2.29. The molecule has 0 unspecified atom stereocenters. The fourth-order valence-corrected chi connectivity index (χ4v) is 3.83. The van der Waals surface area contributed by atoms with Crippen molar-refractivity contribution in [2.75, 3.05) is 17.5 Å². The summed E-state index contributed by atoms with van der Waals surface area (Å²) in [5.41, 5.74) is 1.95. The Bertz CT molecular complexity index is 880. The molecule has 0 bridgehead atoms. The summed E-state index contributed by atoms with van der Waals surface area (Å²) in [4.78, 5) is 14.7. The second-order valence-corrected chi connectivity index (χ2v) is 8.33. The summed E-state index contributed by atoms with van der Waals surface area (Å²) in [6, 6.07) is 12.9. The summed E-state index contributed by atoms with van der Waals surface area (Å²) in [7, 11) is -3.34. The van der Waals surface area contributed by atoms with E-state index in [0.717, 1.165) is 24.7 Å². The Labute approximate surface area is 152 Å². The Balaban J connectivity index is 1.70. The molecule has 1 aliphatic rings. The van der Waals surface area contributed by atoms with E-state index in [0.29, 0.717) is 24.2 Å². The van der Waals surface area contributed by atoms with Crippen LogP contribution in [0, 0.1) is 5.82 Å². The maximum atomic E-state index is 13.1. The SMILES string of the molecule is CS(=O)(=O)Nc1ccc(C(=O)N2CCC[C@@H]2Cc2ccc(F)cc2)cc1. The molecule has 1 atom stereocenters. The molecule has 5 nitrogen and oxygen atoms in total. The molecule has 0 radical (unpaired) electrons. The van der Waals surface area contributed by atoms with Crippen molar-refractivity contribution in [1.29, 1.82) is 0 Å². The summed E-state index contributed by atoms with van der Waals surface area (Å²) >= 11 is 0. The molecule has 1 heterocycles. The highest BCUT2D eigenvalue weighted by atomic mass is 32.2. The van der Waals surface area contributed by atoms with Gasteiger partial charge in [-0.05, 0) is 61.2 Å². The number of carbonyl (C=O) groups is 1. The van der Waals surface area contributed by atoms with Gasteiger partial charge in [-0.2, -0.15) is 0 Å². The molecule has 0 aromatic heterocycles. The van der Waals surface area contributed by atoms with Gasteiger partial charge in [0.25, 0.3) is 5.91 Å². The lowest BCUT2D eigenvalue weighted by molar-refractivity contribution is 0.0736. The molecule has 1 fully saturated rings. The van der Waals surface area contributed by atoms with Gasteiger partial charge in [0.05, 0.1) is 6.26 Å². The van der Waals surface area contributed by atoms with Gasteiger partial charge in [-0.15, -0.1) is 0 Å². The number of hydrogen-bond acceptors (Lipinski definition) is 3. The van der Waals surface area contributed by atoms with Gasteiger partial charge in [0.1, 0.15) is 5.82 Å². The molecule has 3 rings (SSSR count). The first-order valence-electron chi connectivity index (χ1n) is 8.45. The summed E-state index contributed by atoms with van der Waals surface area (Å²) in [6.45, 7) is 0.689. The minimum atomic E-state index is -3.34. The fraction of sp³-hybridized carbons (Fsp3) is 0.316. The van der Waals surface area contributed by atoms with Crippen molar-refractivity contribution in [1.82, 2.24) is 4.90 Å². The van der Waals surface area contributed by atoms with Crippen LogP contribution in [0.5, 0.6) is 0 Å². The summed E-state index contributed by atoms with van der Waals surface area (Å²) in [6.07, 6.45) is 3.62. The number of carbonyl (C=O) groups excluding carboxylic acids is 1. The first kappa shape index (κ1) is 18.4. The summed E-state index contributed by atoms with van der Waals surface area (Å²) in [5.74, 6) is -0.337. The quantitative estimate of drug-likeness (QED) is 0.872. The minimum Gasteiger partial charge on any atom is -0.335 e. The molecule has 1 saturated heterocycles. The number of hydrogen-bond donors (Lipinski definition) is 1. The van der Waals surface area contributed by atoms with Gasteiger partial charge in [0.2, 0.25) is 10.0 Å². The van der Waals surface area contributed by atoms with Crippen molar-refractivity contribution in [2.24, 2.45) is 0 Å². The second kappa shape index (κ2) is 7.45. The number of nitrogens with one attached hydrogen (secondary N) is 1. The largest absolute Gasteiger partial charge is 0.335 e. The number of benzene rings is 2. The summed E-state index contributed by atoms with van der Waals surface area (Å²) < 4.78 is 37.9. The minimum absolute atomic E-state index is 0.0690. The highest BCUT2D eigenvalue weighted by molar-refractivity contribution is 7.92. The predicted octanol–water partition coefficient (Wildman–Crippen LogP) is 3.04. The van der Waals surface area contributed by atoms with Crippen molar-refractivity contribution >= 4 is 21.6 Å². The number of anilines is 1. The Morgan fingerprint density at radius 2 is 1.81 bits per heavy atom. The van der Waals surface area contributed by atoms with Crippen LogP contribution in [-0.2, 0) is 16.4 Å². The number of amides is 1. The third-order valence-corrected chi connectivity index (χ3v) is 5.06. The average Bonchev–Trinajstić information content (AvgIpc) is 3.04. The molecule has 2 aromatic rings. The number of halogens is 1. The zero-order valence-electron chi connectivity index (χ0n) is 14.5. The molecule has 2 aromatic carbocycles. The smallest absolute Gasteiger partial charge is 0.254 e. The van der Waals surface area contributed by atoms with Gasteiger partial charge in [-0.25, -0.2) is 12.8 Å². The number of sulfonamides is 1. The number of likely N-dealkylation sites (tertiary alicyclic amines) is 1. The lowest BCUT2D eigenvalue weighted by Crippen LogP contribution is -2.36. The third-order valence-electron chi connectivity index (χ3n) is 4.46. The Kier molecular flexibility index (Phi) is 5.27. The lowest BCUT2D eigenvalue weighted by Gasteiger charge is -2.25. The van der Waals surface area contributed by atoms with Gasteiger partial charge in [-0.3, -0.25) is 9.52 Å². The molecule has 1 N–H and O–H groups in total. The van der Waals surface area contributed by atoms with Gasteiger partial charge >= 0.3 is 0 Å². The van der Waals surface area contributed by atoms with Gasteiger partial charge in [-0.1, -0.05) is 12.1 Å². The monoisotopic (exact) mass is 376 g/mol. The van der Waals surface area contributed by atoms with Crippen molar-refractivity contribution in [3.05, 3.63) is 65.5 Å². The molecular formula is C19H21FN2O3S. The van der Waals surface area contributed by atoms with E-state index in [1.807, 2.05) is 4.90 Å². The highest BCUT2D eigenvalue weighted by Crippen LogP contribution is 2.24. The zero-order valence-corrected chi connectivity index (χ0v) is 15.3. The Hall–Kier alpha value is -2.41. The molecular weight excluding hydrogens is 355 g/mol. The van der Waals surface area contributed by atoms with Crippen molar-refractivity contribution in [3.63, 3.8) is 0 Å². The third kappa shape index (κ3) is 4.60. The normalized spacial score (nSPS) is 17.3. The van der Waals surface area contributed by atoms with Crippen LogP contribution in [0.1, 0.15) is 28.8 Å². The summed E-state index contributed by atoms with van der Waals surface area (Å²) in [5, 5.41) is 0. The van der Waals surface area contributed by atoms with Crippen LogP contribution in [0.3, 0.4) is 0 Å². The second-order valence-electron chi connectivity index (χ2n) is 6.58. The average molecular weight is 376 g/mol. The van der Waals surface area contributed by atoms with Crippen LogP contribution in [0.15, 0.2) is 48.5 Å². The molecule has 26 heavy (non-hydrogen) atoms. The van der Waals surface area contributed by atoms with E-state index >= 15 is 0 Å². The van der Waals surface area contributed by atoms with Gasteiger partial charge in [0, 0.05) is 23.8 Å².